The van der Waals surface area contributed by atoms with Crippen LogP contribution >= 0.6 is 0 Å². The molecule has 1 aromatic carbocycles. The largest absolute Gasteiger partial charge is 0.444 e. The summed E-state index contributed by atoms with van der Waals surface area (Å²) in [5.41, 5.74) is 2.61. The average molecular weight is 328 g/mol. The van der Waals surface area contributed by atoms with Gasteiger partial charge < -0.3 is 15.0 Å². The van der Waals surface area contributed by atoms with E-state index in [1.807, 2.05) is 43.3 Å². The van der Waals surface area contributed by atoms with Crippen LogP contribution in [0.1, 0.15) is 43.2 Å². The Labute approximate surface area is 142 Å². The molecule has 2 aromatic rings. The fourth-order valence-electron chi connectivity index (χ4n) is 2.43. The van der Waals surface area contributed by atoms with Crippen molar-refractivity contribution in [2.45, 2.75) is 46.3 Å². The Balaban J connectivity index is 2.19. The number of hydrogen-bond donors (Lipinski definition) is 2. The van der Waals surface area contributed by atoms with Crippen LogP contribution in [0.25, 0.3) is 0 Å². The van der Waals surface area contributed by atoms with E-state index in [1.54, 1.807) is 20.8 Å². The molecule has 1 heterocycles. The van der Waals surface area contributed by atoms with Gasteiger partial charge in [0.05, 0.1) is 6.54 Å². The van der Waals surface area contributed by atoms with E-state index in [1.165, 1.54) is 0 Å². The lowest BCUT2D eigenvalue weighted by Crippen LogP contribution is -2.34. The number of ether oxygens (including phenoxy) is 1. The smallest absolute Gasteiger partial charge is 0.407 e. The normalized spacial score (nSPS) is 11.2. The predicted octanol–water partition coefficient (Wildman–Crippen LogP) is 3.30. The molecule has 128 valence electrons. The van der Waals surface area contributed by atoms with Gasteiger partial charge in [0, 0.05) is 11.3 Å². The first-order valence-electron chi connectivity index (χ1n) is 7.97. The highest BCUT2D eigenvalue weighted by atomic mass is 16.6. The van der Waals surface area contributed by atoms with Gasteiger partial charge in [-0.1, -0.05) is 30.3 Å². The van der Waals surface area contributed by atoms with Crippen LogP contribution in [0.4, 0.5) is 4.79 Å². The zero-order valence-corrected chi connectivity index (χ0v) is 14.6. The first kappa shape index (κ1) is 17.8. The van der Waals surface area contributed by atoms with Crippen LogP contribution in [0.3, 0.4) is 0 Å². The fraction of sp³-hybridized carbons (Fsp3) is 0.368. The molecule has 0 atom stereocenters. The topological polar surface area (TPSA) is 71.2 Å². The summed E-state index contributed by atoms with van der Waals surface area (Å²) in [6.07, 6.45) is 0.102. The number of nitrogens with one attached hydrogen (secondary N) is 2. The molecule has 1 amide bonds. The molecule has 5 nitrogen and oxygen atoms in total. The Morgan fingerprint density at radius 3 is 2.50 bits per heavy atom. The maximum absolute atomic E-state index is 12.3. The summed E-state index contributed by atoms with van der Waals surface area (Å²) in [6, 6.07) is 11.9. The molecule has 0 aliphatic carbocycles. The number of pyridine rings is 1. The number of aromatic amines is 1. The van der Waals surface area contributed by atoms with Crippen LogP contribution in [-0.4, -0.2) is 16.7 Å². The summed E-state index contributed by atoms with van der Waals surface area (Å²) in [4.78, 5) is 26.9. The number of carbonyl (C=O) groups is 1. The molecule has 1 aromatic heterocycles. The highest BCUT2D eigenvalue weighted by Crippen LogP contribution is 2.13. The molecule has 2 N–H and O–H groups in total. The molecule has 2 rings (SSSR count). The zero-order chi connectivity index (χ0) is 17.7. The Hall–Kier alpha value is -2.56. The van der Waals surface area contributed by atoms with Gasteiger partial charge in [-0.2, -0.15) is 0 Å². The second kappa shape index (κ2) is 7.34. The summed E-state index contributed by atoms with van der Waals surface area (Å²) >= 11 is 0. The van der Waals surface area contributed by atoms with Gasteiger partial charge >= 0.3 is 6.09 Å². The van der Waals surface area contributed by atoms with E-state index in [4.69, 9.17) is 4.74 Å². The second-order valence-corrected chi connectivity index (χ2v) is 6.80. The molecule has 0 radical (unpaired) electrons. The fourth-order valence-corrected chi connectivity index (χ4v) is 2.43. The summed E-state index contributed by atoms with van der Waals surface area (Å²) in [5.74, 6) is 0. The monoisotopic (exact) mass is 328 g/mol. The molecule has 0 spiro atoms. The van der Waals surface area contributed by atoms with Crippen molar-refractivity contribution in [2.75, 3.05) is 0 Å². The van der Waals surface area contributed by atoms with Gasteiger partial charge in [-0.15, -0.1) is 0 Å². The zero-order valence-electron chi connectivity index (χ0n) is 14.6. The van der Waals surface area contributed by atoms with E-state index in [0.29, 0.717) is 12.0 Å². The molecule has 0 saturated heterocycles. The predicted molar refractivity (Wildman–Crippen MR) is 94.1 cm³/mol. The summed E-state index contributed by atoms with van der Waals surface area (Å²) in [6.45, 7) is 7.37. The van der Waals surface area contributed by atoms with E-state index in [2.05, 4.69) is 10.3 Å². The Bertz CT molecular complexity index is 758. The highest BCUT2D eigenvalue weighted by Gasteiger charge is 2.17. The van der Waals surface area contributed by atoms with Gasteiger partial charge in [0.2, 0.25) is 0 Å². The third-order valence-electron chi connectivity index (χ3n) is 3.41. The van der Waals surface area contributed by atoms with Crippen LogP contribution in [-0.2, 0) is 17.7 Å². The number of benzene rings is 1. The van der Waals surface area contributed by atoms with Crippen molar-refractivity contribution in [1.29, 1.82) is 0 Å². The van der Waals surface area contributed by atoms with Gasteiger partial charge in [0.25, 0.3) is 5.56 Å². The second-order valence-electron chi connectivity index (χ2n) is 6.80. The molecule has 0 aliphatic rings. The first-order valence-corrected chi connectivity index (χ1v) is 7.97. The number of amides is 1. The van der Waals surface area contributed by atoms with Gasteiger partial charge in [-0.05, 0) is 51.3 Å². The molecule has 0 aliphatic heterocycles. The van der Waals surface area contributed by atoms with E-state index in [0.717, 1.165) is 16.8 Å². The third kappa shape index (κ3) is 5.26. The lowest BCUT2D eigenvalue weighted by molar-refractivity contribution is 0.0523. The summed E-state index contributed by atoms with van der Waals surface area (Å²) < 4.78 is 5.22. The van der Waals surface area contributed by atoms with Crippen LogP contribution in [0.2, 0.25) is 0 Å². The number of H-pyrrole nitrogens is 1. The van der Waals surface area contributed by atoms with Crippen molar-refractivity contribution in [2.24, 2.45) is 0 Å². The van der Waals surface area contributed by atoms with E-state index in [9.17, 15) is 9.59 Å². The third-order valence-corrected chi connectivity index (χ3v) is 3.41. The number of aryl methyl sites for hydroxylation is 1. The van der Waals surface area contributed by atoms with Crippen molar-refractivity contribution in [3.8, 4) is 0 Å². The standard InChI is InChI=1S/C19H24N2O3/c1-13-10-15(11-14-8-6-5-7-9-14)16(17(22)21-13)12-20-18(23)24-19(2,3)4/h5-10H,11-12H2,1-4H3,(H,20,23)(H,21,22). The lowest BCUT2D eigenvalue weighted by atomic mass is 10.0. The van der Waals surface area contributed by atoms with E-state index < -0.39 is 11.7 Å². The highest BCUT2D eigenvalue weighted by molar-refractivity contribution is 5.67. The van der Waals surface area contributed by atoms with Gasteiger partial charge in [0.1, 0.15) is 5.60 Å². The molecule has 0 unspecified atom stereocenters. The van der Waals surface area contributed by atoms with Crippen LogP contribution in [0.5, 0.6) is 0 Å². The number of carbonyl (C=O) groups excluding carboxylic acids is 1. The number of alkyl carbamates (subject to hydrolysis) is 1. The van der Waals surface area contributed by atoms with Gasteiger partial charge in [0.15, 0.2) is 0 Å². The lowest BCUT2D eigenvalue weighted by Gasteiger charge is -2.20. The van der Waals surface area contributed by atoms with Crippen molar-refractivity contribution in [3.63, 3.8) is 0 Å². The van der Waals surface area contributed by atoms with Crippen molar-refractivity contribution in [3.05, 3.63) is 69.1 Å². The minimum absolute atomic E-state index is 0.132. The van der Waals surface area contributed by atoms with Crippen molar-refractivity contribution in [1.82, 2.24) is 10.3 Å². The van der Waals surface area contributed by atoms with Crippen molar-refractivity contribution < 1.29 is 9.53 Å². The quantitative estimate of drug-likeness (QED) is 0.904. The maximum atomic E-state index is 12.3. The Morgan fingerprint density at radius 1 is 1.21 bits per heavy atom. The molecule has 0 fully saturated rings. The molecule has 0 bridgehead atoms. The maximum Gasteiger partial charge on any atom is 0.407 e. The molecular formula is C19H24N2O3. The minimum atomic E-state index is -0.573. The Kier molecular flexibility index (Phi) is 5.44. The Morgan fingerprint density at radius 2 is 1.88 bits per heavy atom. The molecule has 0 saturated carbocycles. The van der Waals surface area contributed by atoms with Crippen LogP contribution < -0.4 is 10.9 Å². The van der Waals surface area contributed by atoms with E-state index in [-0.39, 0.29) is 12.1 Å². The van der Waals surface area contributed by atoms with Crippen molar-refractivity contribution >= 4 is 6.09 Å². The van der Waals surface area contributed by atoms with Gasteiger partial charge in [-0.3, -0.25) is 4.79 Å². The summed E-state index contributed by atoms with van der Waals surface area (Å²) in [7, 11) is 0. The molecule has 24 heavy (non-hydrogen) atoms. The molecular weight excluding hydrogens is 304 g/mol. The van der Waals surface area contributed by atoms with E-state index >= 15 is 0 Å². The average Bonchev–Trinajstić information content (AvgIpc) is 2.45. The SMILES string of the molecule is Cc1cc(Cc2ccccc2)c(CNC(=O)OC(C)(C)C)c(=O)[nH]1. The van der Waals surface area contributed by atoms with Crippen LogP contribution in [0.15, 0.2) is 41.2 Å². The minimum Gasteiger partial charge on any atom is -0.444 e. The van der Waals surface area contributed by atoms with Gasteiger partial charge in [-0.25, -0.2) is 4.79 Å². The number of hydrogen-bond acceptors (Lipinski definition) is 3. The number of aromatic nitrogens is 1. The first-order chi connectivity index (χ1) is 11.2. The molecule has 5 heteroatoms. The van der Waals surface area contributed by atoms with Crippen LogP contribution in [0, 0.1) is 6.92 Å². The summed E-state index contributed by atoms with van der Waals surface area (Å²) in [5, 5.41) is 2.66. The number of rotatable bonds is 4.